The maximum atomic E-state index is 12.2. The van der Waals surface area contributed by atoms with Gasteiger partial charge in [0.25, 0.3) is 5.91 Å². The highest BCUT2D eigenvalue weighted by molar-refractivity contribution is 5.97. The molecule has 0 heterocycles. The van der Waals surface area contributed by atoms with Crippen molar-refractivity contribution in [3.8, 4) is 11.5 Å². The summed E-state index contributed by atoms with van der Waals surface area (Å²) in [5.74, 6) is -0.240. The molecular formula is C20H22N2O6. The Kier molecular flexibility index (Phi) is 7.38. The molecule has 0 spiro atoms. The molecule has 0 aliphatic carbocycles. The van der Waals surface area contributed by atoms with E-state index in [1.807, 2.05) is 0 Å². The van der Waals surface area contributed by atoms with Gasteiger partial charge < -0.3 is 24.8 Å². The van der Waals surface area contributed by atoms with E-state index in [0.29, 0.717) is 22.6 Å². The first kappa shape index (κ1) is 20.8. The molecule has 2 aromatic carbocycles. The van der Waals surface area contributed by atoms with E-state index in [4.69, 9.17) is 9.47 Å². The zero-order valence-corrected chi connectivity index (χ0v) is 15.9. The minimum Gasteiger partial charge on any atom is -0.497 e. The number of hydrogen-bond donors (Lipinski definition) is 2. The van der Waals surface area contributed by atoms with Crippen molar-refractivity contribution >= 4 is 17.8 Å². The summed E-state index contributed by atoms with van der Waals surface area (Å²) in [5, 5.41) is 5.24. The van der Waals surface area contributed by atoms with Crippen molar-refractivity contribution in [3.63, 3.8) is 0 Å². The van der Waals surface area contributed by atoms with Crippen LogP contribution in [0.3, 0.4) is 0 Å². The Hall–Kier alpha value is -3.55. The maximum absolute atomic E-state index is 12.2. The Morgan fingerprint density at radius 3 is 1.96 bits per heavy atom. The standard InChI is InChI=1S/C20H22N2O6/c1-26-16-8-15(9-17(10-16)27-2)19(24)22-12-18(23)21-11-13-4-6-14(7-5-13)20(25)28-3/h4-10H,11-12H2,1-3H3,(H,21,23)(H,22,24). The molecule has 0 unspecified atom stereocenters. The fourth-order valence-corrected chi connectivity index (χ4v) is 2.34. The first-order chi connectivity index (χ1) is 13.5. The van der Waals surface area contributed by atoms with Crippen LogP contribution in [0.15, 0.2) is 42.5 Å². The molecule has 0 aromatic heterocycles. The molecule has 0 aliphatic rings. The Bertz CT molecular complexity index is 826. The van der Waals surface area contributed by atoms with Crippen LogP contribution in [0.5, 0.6) is 11.5 Å². The molecule has 8 nitrogen and oxygen atoms in total. The summed E-state index contributed by atoms with van der Waals surface area (Å²) in [6, 6.07) is 11.4. The van der Waals surface area contributed by atoms with Crippen LogP contribution in [-0.4, -0.2) is 45.7 Å². The van der Waals surface area contributed by atoms with Gasteiger partial charge in [-0.3, -0.25) is 9.59 Å². The van der Waals surface area contributed by atoms with Crippen molar-refractivity contribution < 1.29 is 28.6 Å². The third-order valence-electron chi connectivity index (χ3n) is 3.89. The molecule has 2 N–H and O–H groups in total. The van der Waals surface area contributed by atoms with Crippen molar-refractivity contribution in [1.29, 1.82) is 0 Å². The number of carbonyl (C=O) groups excluding carboxylic acids is 3. The van der Waals surface area contributed by atoms with Crippen molar-refractivity contribution in [3.05, 3.63) is 59.2 Å². The third kappa shape index (κ3) is 5.73. The maximum Gasteiger partial charge on any atom is 0.337 e. The zero-order valence-electron chi connectivity index (χ0n) is 15.9. The lowest BCUT2D eigenvalue weighted by Crippen LogP contribution is -2.36. The fraction of sp³-hybridized carbons (Fsp3) is 0.250. The second-order valence-electron chi connectivity index (χ2n) is 5.75. The molecule has 2 aromatic rings. The molecule has 0 saturated carbocycles. The van der Waals surface area contributed by atoms with Gasteiger partial charge in [0.15, 0.2) is 0 Å². The van der Waals surface area contributed by atoms with Gasteiger partial charge in [-0.1, -0.05) is 12.1 Å². The largest absolute Gasteiger partial charge is 0.497 e. The van der Waals surface area contributed by atoms with Crippen molar-refractivity contribution in [1.82, 2.24) is 10.6 Å². The monoisotopic (exact) mass is 386 g/mol. The normalized spacial score (nSPS) is 9.96. The molecule has 2 amide bonds. The number of amides is 2. The lowest BCUT2D eigenvalue weighted by Gasteiger charge is -2.10. The van der Waals surface area contributed by atoms with Gasteiger partial charge in [0.1, 0.15) is 11.5 Å². The number of benzene rings is 2. The Labute approximate surface area is 162 Å². The van der Waals surface area contributed by atoms with Crippen LogP contribution in [0.25, 0.3) is 0 Å². The molecule has 28 heavy (non-hydrogen) atoms. The zero-order chi connectivity index (χ0) is 20.5. The van der Waals surface area contributed by atoms with Crippen molar-refractivity contribution in [2.75, 3.05) is 27.9 Å². The van der Waals surface area contributed by atoms with Gasteiger partial charge in [0.2, 0.25) is 5.91 Å². The predicted octanol–water partition coefficient (Wildman–Crippen LogP) is 1.54. The van der Waals surface area contributed by atoms with Crippen LogP contribution in [0.1, 0.15) is 26.3 Å². The van der Waals surface area contributed by atoms with E-state index in [1.54, 1.807) is 42.5 Å². The molecule has 0 saturated heterocycles. The minimum absolute atomic E-state index is 0.182. The average Bonchev–Trinajstić information content (AvgIpc) is 2.75. The van der Waals surface area contributed by atoms with Crippen LogP contribution in [0.4, 0.5) is 0 Å². The van der Waals surface area contributed by atoms with Crippen molar-refractivity contribution in [2.24, 2.45) is 0 Å². The van der Waals surface area contributed by atoms with Crippen LogP contribution in [0, 0.1) is 0 Å². The van der Waals surface area contributed by atoms with Crippen LogP contribution in [0.2, 0.25) is 0 Å². The fourth-order valence-electron chi connectivity index (χ4n) is 2.34. The number of hydrogen-bond acceptors (Lipinski definition) is 6. The predicted molar refractivity (Wildman–Crippen MR) is 102 cm³/mol. The molecule has 2 rings (SSSR count). The number of nitrogens with one attached hydrogen (secondary N) is 2. The van der Waals surface area contributed by atoms with E-state index in [9.17, 15) is 14.4 Å². The van der Waals surface area contributed by atoms with E-state index < -0.39 is 11.9 Å². The summed E-state index contributed by atoms with van der Waals surface area (Å²) in [6.45, 7) is 0.0851. The number of rotatable bonds is 8. The van der Waals surface area contributed by atoms with Gasteiger partial charge in [-0.05, 0) is 29.8 Å². The van der Waals surface area contributed by atoms with Crippen molar-refractivity contribution in [2.45, 2.75) is 6.54 Å². The van der Waals surface area contributed by atoms with Gasteiger partial charge >= 0.3 is 5.97 Å². The number of esters is 1. The Morgan fingerprint density at radius 1 is 0.821 bits per heavy atom. The lowest BCUT2D eigenvalue weighted by molar-refractivity contribution is -0.120. The van der Waals surface area contributed by atoms with Crippen LogP contribution >= 0.6 is 0 Å². The van der Waals surface area contributed by atoms with E-state index in [0.717, 1.165) is 5.56 Å². The van der Waals surface area contributed by atoms with Gasteiger partial charge in [0, 0.05) is 18.2 Å². The quantitative estimate of drug-likeness (QED) is 0.667. The molecular weight excluding hydrogens is 364 g/mol. The first-order valence-electron chi connectivity index (χ1n) is 8.42. The summed E-state index contributed by atoms with van der Waals surface area (Å²) >= 11 is 0. The second kappa shape index (κ2) is 9.96. The van der Waals surface area contributed by atoms with Gasteiger partial charge in [-0.15, -0.1) is 0 Å². The lowest BCUT2D eigenvalue weighted by atomic mass is 10.1. The summed E-state index contributed by atoms with van der Waals surface area (Å²) < 4.78 is 14.9. The smallest absolute Gasteiger partial charge is 0.337 e. The molecule has 8 heteroatoms. The highest BCUT2D eigenvalue weighted by Gasteiger charge is 2.11. The van der Waals surface area contributed by atoms with E-state index >= 15 is 0 Å². The molecule has 0 radical (unpaired) electrons. The molecule has 0 fully saturated rings. The average molecular weight is 386 g/mol. The third-order valence-corrected chi connectivity index (χ3v) is 3.89. The number of methoxy groups -OCH3 is 3. The SMILES string of the molecule is COC(=O)c1ccc(CNC(=O)CNC(=O)c2cc(OC)cc(OC)c2)cc1. The topological polar surface area (TPSA) is 103 Å². The van der Waals surface area contributed by atoms with E-state index in [2.05, 4.69) is 15.4 Å². The summed E-state index contributed by atoms with van der Waals surface area (Å²) in [7, 11) is 4.29. The Morgan fingerprint density at radius 2 is 1.43 bits per heavy atom. The van der Waals surface area contributed by atoms with Crippen LogP contribution < -0.4 is 20.1 Å². The molecule has 0 aliphatic heterocycles. The summed E-state index contributed by atoms with van der Waals surface area (Å²) in [4.78, 5) is 35.6. The van der Waals surface area contributed by atoms with Gasteiger partial charge in [-0.25, -0.2) is 4.79 Å². The van der Waals surface area contributed by atoms with E-state index in [1.165, 1.54) is 21.3 Å². The highest BCUT2D eigenvalue weighted by atomic mass is 16.5. The highest BCUT2D eigenvalue weighted by Crippen LogP contribution is 2.22. The van der Waals surface area contributed by atoms with Crippen LogP contribution in [-0.2, 0) is 16.1 Å². The molecule has 0 bridgehead atoms. The number of carbonyl (C=O) groups is 3. The molecule has 148 valence electrons. The summed E-state index contributed by atoms with van der Waals surface area (Å²) in [5.41, 5.74) is 1.56. The summed E-state index contributed by atoms with van der Waals surface area (Å²) in [6.07, 6.45) is 0. The van der Waals surface area contributed by atoms with E-state index in [-0.39, 0.29) is 19.0 Å². The van der Waals surface area contributed by atoms with Gasteiger partial charge in [-0.2, -0.15) is 0 Å². The second-order valence-corrected chi connectivity index (χ2v) is 5.75. The first-order valence-corrected chi connectivity index (χ1v) is 8.42. The van der Waals surface area contributed by atoms with Gasteiger partial charge in [0.05, 0.1) is 33.4 Å². The number of ether oxygens (including phenoxy) is 3. The Balaban J connectivity index is 1.85. The minimum atomic E-state index is -0.424. The molecule has 0 atom stereocenters.